The minimum absolute atomic E-state index is 0.233. The van der Waals surface area contributed by atoms with Gasteiger partial charge in [0.25, 0.3) is 11.1 Å². The highest BCUT2D eigenvalue weighted by Gasteiger charge is 2.17. The molecule has 4 aromatic heterocycles. The number of carbonyl (C=O) groups excluding carboxylic acids is 1. The van der Waals surface area contributed by atoms with Gasteiger partial charge in [-0.2, -0.15) is 0 Å². The highest BCUT2D eigenvalue weighted by Crippen LogP contribution is 2.37. The van der Waals surface area contributed by atoms with Crippen molar-refractivity contribution in [3.8, 4) is 28.1 Å². The zero-order valence-electron chi connectivity index (χ0n) is 20.2. The fraction of sp³-hybridized carbons (Fsp3) is 0.115. The molecule has 0 unspecified atom stereocenters. The van der Waals surface area contributed by atoms with Gasteiger partial charge in [-0.1, -0.05) is 12.1 Å². The molecule has 1 amide bonds. The number of amides is 1. The molecule has 0 saturated heterocycles. The first-order valence-corrected chi connectivity index (χ1v) is 12.2. The summed E-state index contributed by atoms with van der Waals surface area (Å²) in [6.45, 7) is 0.252. The number of hydrogen-bond acceptors (Lipinski definition) is 10. The summed E-state index contributed by atoms with van der Waals surface area (Å²) in [5.41, 5.74) is 2.94. The molecule has 0 atom stereocenters. The number of methoxy groups -OCH3 is 2. The number of imidazole rings is 1. The molecule has 0 aliphatic rings. The highest BCUT2D eigenvalue weighted by atomic mass is 32.1. The second-order valence-corrected chi connectivity index (χ2v) is 9.03. The number of nitrogens with one attached hydrogen (secondary N) is 1. The Hall–Kier alpha value is -4.97. The van der Waals surface area contributed by atoms with Crippen molar-refractivity contribution < 1.29 is 23.4 Å². The first-order chi connectivity index (χ1) is 18.6. The van der Waals surface area contributed by atoms with Crippen LogP contribution in [0, 0.1) is 0 Å². The quantitative estimate of drug-likeness (QED) is 0.295. The average molecular weight is 529 g/mol. The number of anilines is 1. The summed E-state index contributed by atoms with van der Waals surface area (Å²) >= 11 is 1.34. The van der Waals surface area contributed by atoms with Crippen molar-refractivity contribution in [2.45, 2.75) is 6.61 Å². The molecule has 0 aliphatic heterocycles. The van der Waals surface area contributed by atoms with Crippen LogP contribution in [0.25, 0.3) is 27.4 Å². The molecule has 6 rings (SSSR count). The molecular weight excluding hydrogens is 508 g/mol. The number of furan rings is 1. The van der Waals surface area contributed by atoms with Crippen molar-refractivity contribution >= 4 is 38.9 Å². The molecule has 0 aliphatic carbocycles. The van der Waals surface area contributed by atoms with Gasteiger partial charge in [0.2, 0.25) is 4.96 Å². The number of rotatable bonds is 8. The maximum atomic E-state index is 12.4. The Morgan fingerprint density at radius 2 is 2.05 bits per heavy atom. The highest BCUT2D eigenvalue weighted by molar-refractivity contribution is 7.18. The average Bonchev–Trinajstić information content (AvgIpc) is 3.65. The molecule has 12 heteroatoms. The first kappa shape index (κ1) is 23.4. The van der Waals surface area contributed by atoms with Crippen LogP contribution in [0.3, 0.4) is 0 Å². The van der Waals surface area contributed by atoms with E-state index in [1.54, 1.807) is 43.1 Å². The number of benzene rings is 2. The van der Waals surface area contributed by atoms with E-state index in [0.29, 0.717) is 44.4 Å². The number of aromatic nitrogens is 5. The van der Waals surface area contributed by atoms with Crippen LogP contribution in [0.5, 0.6) is 16.7 Å². The summed E-state index contributed by atoms with van der Waals surface area (Å²) in [6, 6.07) is 12.9. The van der Waals surface area contributed by atoms with Crippen LogP contribution >= 0.6 is 11.3 Å². The first-order valence-electron chi connectivity index (χ1n) is 11.4. The Morgan fingerprint density at radius 3 is 2.84 bits per heavy atom. The van der Waals surface area contributed by atoms with Crippen LogP contribution < -0.4 is 19.5 Å². The van der Waals surface area contributed by atoms with Gasteiger partial charge in [-0.15, -0.1) is 5.10 Å². The summed E-state index contributed by atoms with van der Waals surface area (Å²) in [5, 5.41) is 8.44. The topological polar surface area (TPSA) is 126 Å². The number of fused-ring (bicyclic) bond motifs is 2. The Kier molecular flexibility index (Phi) is 6.06. The van der Waals surface area contributed by atoms with Crippen LogP contribution in [-0.2, 0) is 6.61 Å². The van der Waals surface area contributed by atoms with E-state index in [2.05, 4.69) is 25.4 Å². The van der Waals surface area contributed by atoms with Crippen LogP contribution in [0.15, 0.2) is 71.7 Å². The third kappa shape index (κ3) is 4.60. The standard InChI is InChI=1S/C26H20N6O5S/c1-34-17-9-21(36-14-15-4-3-5-16(8-15)29-24(33)19-12-27-6-7-28-19)18-11-23(37-22(18)10-17)20-13-32-25(30-20)38-26(31-32)35-2/h3-13H,14H2,1-2H3,(H,29,33). The Balaban J connectivity index is 1.24. The maximum absolute atomic E-state index is 12.4. The van der Waals surface area contributed by atoms with Crippen molar-refractivity contribution in [2.24, 2.45) is 0 Å². The summed E-state index contributed by atoms with van der Waals surface area (Å²) in [5.74, 6) is 1.41. The monoisotopic (exact) mass is 528 g/mol. The second-order valence-electron chi connectivity index (χ2n) is 8.11. The lowest BCUT2D eigenvalue weighted by molar-refractivity contribution is 0.102. The molecule has 11 nitrogen and oxygen atoms in total. The van der Waals surface area contributed by atoms with E-state index < -0.39 is 0 Å². The van der Waals surface area contributed by atoms with Crippen LogP contribution in [0.4, 0.5) is 5.69 Å². The van der Waals surface area contributed by atoms with E-state index in [9.17, 15) is 4.79 Å². The van der Waals surface area contributed by atoms with Gasteiger partial charge in [-0.05, 0) is 35.1 Å². The molecular formula is C26H20N6O5S. The van der Waals surface area contributed by atoms with Crippen LogP contribution in [0.1, 0.15) is 16.1 Å². The fourth-order valence-electron chi connectivity index (χ4n) is 3.84. The van der Waals surface area contributed by atoms with Crippen molar-refractivity contribution in [2.75, 3.05) is 19.5 Å². The normalized spacial score (nSPS) is 11.1. The smallest absolute Gasteiger partial charge is 0.294 e. The third-order valence-corrected chi connectivity index (χ3v) is 6.52. The van der Waals surface area contributed by atoms with Gasteiger partial charge in [0.05, 0.1) is 32.0 Å². The lowest BCUT2D eigenvalue weighted by atomic mass is 10.2. The van der Waals surface area contributed by atoms with Gasteiger partial charge < -0.3 is 23.9 Å². The van der Waals surface area contributed by atoms with Crippen molar-refractivity contribution in [1.82, 2.24) is 24.6 Å². The Morgan fingerprint density at radius 1 is 1.13 bits per heavy atom. The molecule has 38 heavy (non-hydrogen) atoms. The molecule has 0 fully saturated rings. The van der Waals surface area contributed by atoms with Gasteiger partial charge in [0.1, 0.15) is 35.1 Å². The summed E-state index contributed by atoms with van der Waals surface area (Å²) in [6.07, 6.45) is 6.18. The van der Waals surface area contributed by atoms with E-state index in [-0.39, 0.29) is 18.2 Å². The van der Waals surface area contributed by atoms with E-state index in [1.165, 1.54) is 29.9 Å². The van der Waals surface area contributed by atoms with E-state index in [1.807, 2.05) is 24.3 Å². The predicted molar refractivity (Wildman–Crippen MR) is 140 cm³/mol. The molecule has 1 N–H and O–H groups in total. The summed E-state index contributed by atoms with van der Waals surface area (Å²) in [4.78, 5) is 25.7. The Bertz CT molecular complexity index is 1730. The van der Waals surface area contributed by atoms with E-state index in [0.717, 1.165) is 10.9 Å². The van der Waals surface area contributed by atoms with Gasteiger partial charge in [0.15, 0.2) is 5.76 Å². The summed E-state index contributed by atoms with van der Waals surface area (Å²) < 4.78 is 24.6. The summed E-state index contributed by atoms with van der Waals surface area (Å²) in [7, 11) is 3.15. The predicted octanol–water partition coefficient (Wildman–Crippen LogP) is 4.84. The zero-order valence-corrected chi connectivity index (χ0v) is 21.1. The lowest BCUT2D eigenvalue weighted by Gasteiger charge is -2.11. The zero-order chi connectivity index (χ0) is 26.1. The SMILES string of the molecule is COc1cc(OCc2cccc(NC(=O)c3cnccn3)c2)c2cc(-c3cn4nc(OC)sc4n3)oc2c1. The molecule has 0 spiro atoms. The molecule has 4 heterocycles. The van der Waals surface area contributed by atoms with E-state index >= 15 is 0 Å². The Labute approximate surface area is 219 Å². The second kappa shape index (κ2) is 9.82. The molecule has 0 saturated carbocycles. The molecule has 6 aromatic rings. The molecule has 190 valence electrons. The third-order valence-electron chi connectivity index (χ3n) is 5.64. The number of hydrogen-bond donors (Lipinski definition) is 1. The number of carbonyl (C=O) groups is 1. The fourth-order valence-corrected chi connectivity index (χ4v) is 4.54. The van der Waals surface area contributed by atoms with Crippen molar-refractivity contribution in [3.05, 3.63) is 78.5 Å². The maximum Gasteiger partial charge on any atom is 0.294 e. The van der Waals surface area contributed by atoms with Crippen molar-refractivity contribution in [3.63, 3.8) is 0 Å². The van der Waals surface area contributed by atoms with Gasteiger partial charge in [-0.3, -0.25) is 9.78 Å². The van der Waals surface area contributed by atoms with Gasteiger partial charge in [0, 0.05) is 30.2 Å². The molecule has 0 bridgehead atoms. The molecule has 2 aromatic carbocycles. The number of nitrogens with zero attached hydrogens (tertiary/aromatic N) is 5. The minimum atomic E-state index is -0.343. The largest absolute Gasteiger partial charge is 0.496 e. The number of ether oxygens (including phenoxy) is 3. The van der Waals surface area contributed by atoms with Crippen molar-refractivity contribution in [1.29, 1.82) is 0 Å². The van der Waals surface area contributed by atoms with Crippen LogP contribution in [0.2, 0.25) is 0 Å². The van der Waals surface area contributed by atoms with Crippen LogP contribution in [-0.4, -0.2) is 44.7 Å². The van der Waals surface area contributed by atoms with Gasteiger partial charge in [-0.25, -0.2) is 14.5 Å². The van der Waals surface area contributed by atoms with E-state index in [4.69, 9.17) is 18.6 Å². The van der Waals surface area contributed by atoms with Gasteiger partial charge >= 0.3 is 0 Å². The minimum Gasteiger partial charge on any atom is -0.496 e. The lowest BCUT2D eigenvalue weighted by Crippen LogP contribution is -2.14. The molecule has 0 radical (unpaired) electrons.